The maximum absolute atomic E-state index is 12.9. The zero-order valence-electron chi connectivity index (χ0n) is 14.6. The van der Waals surface area contributed by atoms with Crippen molar-refractivity contribution in [3.8, 4) is 0 Å². The highest BCUT2D eigenvalue weighted by molar-refractivity contribution is 7.91. The number of amides is 1. The molecule has 0 unspecified atom stereocenters. The second-order valence-corrected chi connectivity index (χ2v) is 8.86. The van der Waals surface area contributed by atoms with Crippen molar-refractivity contribution in [3.05, 3.63) is 52.4 Å². The van der Waals surface area contributed by atoms with Gasteiger partial charge in [0.15, 0.2) is 0 Å². The number of carbonyl (C=O) groups excluding carboxylic acids is 1. The van der Waals surface area contributed by atoms with Crippen LogP contribution in [0.3, 0.4) is 0 Å². The maximum Gasteiger partial charge on any atom is 0.416 e. The number of halogens is 6. The van der Waals surface area contributed by atoms with Crippen LogP contribution in [-0.4, -0.2) is 32.8 Å². The van der Waals surface area contributed by atoms with Crippen molar-refractivity contribution in [3.63, 3.8) is 0 Å². The van der Waals surface area contributed by atoms with Gasteiger partial charge in [0.05, 0.1) is 17.7 Å². The molecule has 0 saturated heterocycles. The molecule has 2 aromatic rings. The Hall–Kier alpha value is -2.12. The summed E-state index contributed by atoms with van der Waals surface area (Å²) in [5, 5.41) is 1.51. The number of rotatable bonds is 6. The van der Waals surface area contributed by atoms with Gasteiger partial charge in [0.1, 0.15) is 4.21 Å². The number of benzene rings is 1. The fourth-order valence-corrected chi connectivity index (χ4v) is 4.26. The molecule has 1 amide bonds. The summed E-state index contributed by atoms with van der Waals surface area (Å²) >= 11 is 0.912. The fraction of sp³-hybridized carbons (Fsp3) is 0.312. The molecule has 0 aliphatic heterocycles. The van der Waals surface area contributed by atoms with E-state index in [-0.39, 0.29) is 10.3 Å². The molecule has 1 heterocycles. The first-order chi connectivity index (χ1) is 13.2. The first-order valence-electron chi connectivity index (χ1n) is 7.75. The number of carbonyl (C=O) groups is 1. The minimum atomic E-state index is -5.01. The molecule has 13 heteroatoms. The van der Waals surface area contributed by atoms with Gasteiger partial charge in [0.25, 0.3) is 10.0 Å². The molecule has 0 spiro atoms. The smallest absolute Gasteiger partial charge is 0.340 e. The molecule has 0 fully saturated rings. The Bertz CT molecular complexity index is 937. The van der Waals surface area contributed by atoms with Gasteiger partial charge in [-0.1, -0.05) is 6.07 Å². The lowest BCUT2D eigenvalue weighted by molar-refractivity contribution is -0.143. The minimum Gasteiger partial charge on any atom is -0.340 e. The van der Waals surface area contributed by atoms with E-state index in [4.69, 9.17) is 0 Å². The van der Waals surface area contributed by atoms with Crippen LogP contribution in [0.4, 0.5) is 26.3 Å². The number of alkyl halides is 6. The molecular weight excluding hydrogens is 446 g/mol. The first-order valence-corrected chi connectivity index (χ1v) is 10.1. The molecule has 1 aromatic heterocycles. The maximum atomic E-state index is 12.9. The zero-order valence-corrected chi connectivity index (χ0v) is 16.3. The van der Waals surface area contributed by atoms with Crippen molar-refractivity contribution >= 4 is 27.3 Å². The predicted molar refractivity (Wildman–Crippen MR) is 92.4 cm³/mol. The third kappa shape index (κ3) is 6.18. The summed E-state index contributed by atoms with van der Waals surface area (Å²) in [6, 6.07) is 3.80. The Balaban J connectivity index is 2.15. The van der Waals surface area contributed by atoms with Gasteiger partial charge in [-0.3, -0.25) is 4.79 Å². The Morgan fingerprint density at radius 3 is 2.07 bits per heavy atom. The van der Waals surface area contributed by atoms with Gasteiger partial charge in [0.2, 0.25) is 5.91 Å². The van der Waals surface area contributed by atoms with Crippen LogP contribution in [0.15, 0.2) is 39.9 Å². The summed E-state index contributed by atoms with van der Waals surface area (Å²) in [7, 11) is -2.81. The summed E-state index contributed by atoms with van der Waals surface area (Å²) in [5.74, 6) is -0.837. The lowest BCUT2D eigenvalue weighted by Crippen LogP contribution is -2.37. The van der Waals surface area contributed by atoms with Gasteiger partial charge in [0, 0.05) is 13.6 Å². The minimum absolute atomic E-state index is 0.0134. The van der Waals surface area contributed by atoms with Crippen LogP contribution in [0, 0.1) is 0 Å². The number of sulfonamides is 1. The van der Waals surface area contributed by atoms with Crippen LogP contribution in [0.1, 0.15) is 16.7 Å². The van der Waals surface area contributed by atoms with Crippen LogP contribution >= 0.6 is 11.3 Å². The molecule has 29 heavy (non-hydrogen) atoms. The zero-order chi connectivity index (χ0) is 22.0. The highest BCUT2D eigenvalue weighted by atomic mass is 32.2. The number of nitrogens with zero attached hydrogens (tertiary/aromatic N) is 1. The number of thiophene rings is 1. The Kier molecular flexibility index (Phi) is 6.65. The summed E-state index contributed by atoms with van der Waals surface area (Å²) in [6.07, 6.45) is -10.0. The summed E-state index contributed by atoms with van der Waals surface area (Å²) < 4.78 is 103. The van der Waals surface area contributed by atoms with E-state index in [9.17, 15) is 39.6 Å². The number of hydrogen-bond donors (Lipinski definition) is 1. The van der Waals surface area contributed by atoms with Crippen LogP contribution in [0.25, 0.3) is 0 Å². The summed E-state index contributed by atoms with van der Waals surface area (Å²) in [4.78, 5) is 12.9. The molecular formula is C16H14F6N2O3S2. The van der Waals surface area contributed by atoms with E-state index in [1.54, 1.807) is 0 Å². The van der Waals surface area contributed by atoms with Gasteiger partial charge in [-0.05, 0) is 35.2 Å². The van der Waals surface area contributed by atoms with Gasteiger partial charge in [-0.2, -0.15) is 26.3 Å². The van der Waals surface area contributed by atoms with E-state index >= 15 is 0 Å². The second-order valence-electron chi connectivity index (χ2n) is 5.92. The molecule has 1 aromatic carbocycles. The Morgan fingerprint density at radius 2 is 1.62 bits per heavy atom. The average molecular weight is 460 g/mol. The summed E-state index contributed by atoms with van der Waals surface area (Å²) in [5.41, 5.74) is -3.40. The third-order valence-corrected chi connectivity index (χ3v) is 6.47. The lowest BCUT2D eigenvalue weighted by atomic mass is 10.0. The molecule has 0 saturated carbocycles. The monoisotopic (exact) mass is 460 g/mol. The first kappa shape index (κ1) is 23.2. The van der Waals surface area contributed by atoms with Crippen molar-refractivity contribution in [2.45, 2.75) is 23.1 Å². The molecule has 0 aliphatic rings. The third-order valence-electron chi connectivity index (χ3n) is 3.67. The topological polar surface area (TPSA) is 66.5 Å². The van der Waals surface area contributed by atoms with Crippen molar-refractivity contribution < 1.29 is 39.6 Å². The average Bonchev–Trinajstić information content (AvgIpc) is 3.13. The number of hydrogen-bond acceptors (Lipinski definition) is 4. The number of nitrogens with one attached hydrogen (secondary N) is 1. The molecule has 2 rings (SSSR count). The van der Waals surface area contributed by atoms with E-state index in [2.05, 4.69) is 0 Å². The summed E-state index contributed by atoms with van der Waals surface area (Å²) in [6.45, 7) is -1.28. The Morgan fingerprint density at radius 1 is 1.07 bits per heavy atom. The predicted octanol–water partition coefficient (Wildman–Crippen LogP) is 3.72. The van der Waals surface area contributed by atoms with E-state index in [1.165, 1.54) is 17.5 Å². The number of likely N-dealkylation sites (N-methyl/N-ethyl adjacent to an activating group) is 1. The van der Waals surface area contributed by atoms with E-state index in [0.717, 1.165) is 23.3 Å². The Labute approximate surface area is 166 Å². The van der Waals surface area contributed by atoms with Gasteiger partial charge < -0.3 is 4.90 Å². The largest absolute Gasteiger partial charge is 0.416 e. The van der Waals surface area contributed by atoms with E-state index < -0.39 is 58.1 Å². The fourth-order valence-electron chi connectivity index (χ4n) is 2.25. The van der Waals surface area contributed by atoms with Gasteiger partial charge in [-0.15, -0.1) is 11.3 Å². The molecule has 1 N–H and O–H groups in total. The van der Waals surface area contributed by atoms with Crippen LogP contribution in [-0.2, 0) is 33.7 Å². The normalized spacial score (nSPS) is 12.8. The van der Waals surface area contributed by atoms with Crippen LogP contribution in [0.2, 0.25) is 0 Å². The molecule has 0 atom stereocenters. The van der Waals surface area contributed by atoms with Crippen molar-refractivity contribution in [1.82, 2.24) is 9.62 Å². The molecule has 0 radical (unpaired) electrons. The molecule has 0 aliphatic carbocycles. The van der Waals surface area contributed by atoms with Crippen molar-refractivity contribution in [2.75, 3.05) is 13.6 Å². The standard InChI is InChI=1S/C16H14F6N2O3S2/c1-24(13(25)8-23-29(26,27)14-3-2-4-28-14)9-10-5-11(15(17,18)19)7-12(6-10)16(20,21)22/h2-7,23H,8-9H2,1H3. The quantitative estimate of drug-likeness (QED) is 0.669. The van der Waals surface area contributed by atoms with Gasteiger partial charge >= 0.3 is 12.4 Å². The van der Waals surface area contributed by atoms with E-state index in [1.807, 2.05) is 4.72 Å². The van der Waals surface area contributed by atoms with Crippen molar-refractivity contribution in [1.29, 1.82) is 0 Å². The SMILES string of the molecule is CN(Cc1cc(C(F)(F)F)cc(C(F)(F)F)c1)C(=O)CNS(=O)(=O)c1cccs1. The highest BCUT2D eigenvalue weighted by Crippen LogP contribution is 2.36. The highest BCUT2D eigenvalue weighted by Gasteiger charge is 2.37. The van der Waals surface area contributed by atoms with Gasteiger partial charge in [-0.25, -0.2) is 13.1 Å². The van der Waals surface area contributed by atoms with Crippen LogP contribution in [0.5, 0.6) is 0 Å². The lowest BCUT2D eigenvalue weighted by Gasteiger charge is -2.20. The van der Waals surface area contributed by atoms with E-state index in [0.29, 0.717) is 12.1 Å². The molecule has 5 nitrogen and oxygen atoms in total. The second kappa shape index (κ2) is 8.32. The molecule has 160 valence electrons. The molecule has 0 bridgehead atoms. The van der Waals surface area contributed by atoms with Crippen LogP contribution < -0.4 is 4.72 Å². The van der Waals surface area contributed by atoms with Crippen molar-refractivity contribution in [2.24, 2.45) is 0 Å².